The van der Waals surface area contributed by atoms with Crippen molar-refractivity contribution in [1.82, 2.24) is 4.90 Å². The highest BCUT2D eigenvalue weighted by Crippen LogP contribution is 2.63. The zero-order valence-corrected chi connectivity index (χ0v) is 14.6. The average Bonchev–Trinajstić information content (AvgIpc) is 2.84. The molecule has 2 bridgehead atoms. The van der Waals surface area contributed by atoms with Gasteiger partial charge in [0, 0.05) is 25.3 Å². The van der Waals surface area contributed by atoms with Crippen molar-refractivity contribution in [3.8, 4) is 0 Å². The van der Waals surface area contributed by atoms with Crippen LogP contribution in [0.15, 0.2) is 72.8 Å². The molecule has 3 aromatic carbocycles. The van der Waals surface area contributed by atoms with Crippen molar-refractivity contribution >= 4 is 5.91 Å². The molecule has 2 nitrogen and oxygen atoms in total. The first-order chi connectivity index (χ1) is 12.7. The van der Waals surface area contributed by atoms with Crippen molar-refractivity contribution in [2.24, 2.45) is 0 Å². The van der Waals surface area contributed by atoms with Gasteiger partial charge >= 0.3 is 0 Å². The fraction of sp³-hybridized carbons (Fsp3) is 0.208. The molecule has 0 aromatic heterocycles. The minimum atomic E-state index is -0.395. The van der Waals surface area contributed by atoms with Crippen LogP contribution in [-0.2, 0) is 10.3 Å². The molecular formula is C24H19NO. The van der Waals surface area contributed by atoms with Gasteiger partial charge in [-0.15, -0.1) is 0 Å². The van der Waals surface area contributed by atoms with Gasteiger partial charge in [-0.25, -0.2) is 0 Å². The van der Waals surface area contributed by atoms with Crippen LogP contribution >= 0.6 is 0 Å². The third kappa shape index (κ3) is 1.40. The zero-order valence-electron chi connectivity index (χ0n) is 14.6. The van der Waals surface area contributed by atoms with Crippen LogP contribution in [0.1, 0.15) is 51.6 Å². The Bertz CT molecular complexity index is 1040. The number of hydrogen-bond donors (Lipinski definition) is 0. The molecule has 126 valence electrons. The van der Waals surface area contributed by atoms with Crippen molar-refractivity contribution in [2.75, 3.05) is 7.05 Å². The fourth-order valence-electron chi connectivity index (χ4n) is 5.89. The number of hydrogen-bond acceptors (Lipinski definition) is 1. The van der Waals surface area contributed by atoms with Crippen LogP contribution in [0.3, 0.4) is 0 Å². The van der Waals surface area contributed by atoms with Crippen molar-refractivity contribution < 1.29 is 4.79 Å². The lowest BCUT2D eigenvalue weighted by Crippen LogP contribution is -2.46. The van der Waals surface area contributed by atoms with Crippen molar-refractivity contribution in [3.63, 3.8) is 0 Å². The Labute approximate surface area is 153 Å². The molecule has 0 unspecified atom stereocenters. The predicted molar refractivity (Wildman–Crippen MR) is 101 cm³/mol. The van der Waals surface area contributed by atoms with Crippen LogP contribution in [-0.4, -0.2) is 17.9 Å². The van der Waals surface area contributed by atoms with E-state index in [1.165, 1.54) is 33.4 Å². The van der Waals surface area contributed by atoms with Gasteiger partial charge in [0.05, 0.1) is 0 Å². The molecule has 3 aliphatic carbocycles. The molecule has 0 saturated carbocycles. The second kappa shape index (κ2) is 4.64. The van der Waals surface area contributed by atoms with E-state index in [1.807, 2.05) is 11.9 Å². The number of amides is 1. The quantitative estimate of drug-likeness (QED) is 0.596. The normalized spacial score (nSPS) is 27.4. The standard InChI is InChI=1S/C24H19NO/c1-25-22(26)14-21-15-8-2-3-9-16(15)23-17-10-4-6-12-19(17)24(21,25)20-13-7-5-11-18(20)23/h2-13,21,23H,14H2,1H3/t21-,23?,24?/m1/s1. The smallest absolute Gasteiger partial charge is 0.224 e. The van der Waals surface area contributed by atoms with E-state index >= 15 is 0 Å². The topological polar surface area (TPSA) is 20.3 Å². The van der Waals surface area contributed by atoms with E-state index in [4.69, 9.17) is 0 Å². The van der Waals surface area contributed by atoms with Gasteiger partial charge in [-0.2, -0.15) is 0 Å². The van der Waals surface area contributed by atoms with E-state index < -0.39 is 5.54 Å². The Morgan fingerprint density at radius 2 is 1.27 bits per heavy atom. The Morgan fingerprint density at radius 3 is 1.88 bits per heavy atom. The lowest BCUT2D eigenvalue weighted by atomic mass is 9.65. The SMILES string of the molecule is CN1C(=O)C[C@@H]2c3ccccc3C3c4ccccc4C21c1ccccc13. The van der Waals surface area contributed by atoms with Crippen molar-refractivity contribution in [1.29, 1.82) is 0 Å². The number of carbonyl (C=O) groups is 1. The summed E-state index contributed by atoms with van der Waals surface area (Å²) < 4.78 is 0. The third-order valence-corrected chi connectivity index (χ3v) is 6.83. The number of carbonyl (C=O) groups excluding carboxylic acids is 1. The first kappa shape index (κ1) is 14.3. The first-order valence-electron chi connectivity index (χ1n) is 9.29. The van der Waals surface area contributed by atoms with Gasteiger partial charge in [-0.3, -0.25) is 4.79 Å². The highest BCUT2D eigenvalue weighted by Gasteiger charge is 2.60. The highest BCUT2D eigenvalue weighted by atomic mass is 16.2. The van der Waals surface area contributed by atoms with Crippen LogP contribution in [0.25, 0.3) is 0 Å². The summed E-state index contributed by atoms with van der Waals surface area (Å²) in [6.07, 6.45) is 0.572. The fourth-order valence-corrected chi connectivity index (χ4v) is 5.89. The summed E-state index contributed by atoms with van der Waals surface area (Å²) in [4.78, 5) is 15.0. The van der Waals surface area contributed by atoms with Gasteiger partial charge in [0.15, 0.2) is 0 Å². The molecule has 26 heavy (non-hydrogen) atoms. The minimum absolute atomic E-state index is 0.158. The van der Waals surface area contributed by atoms with E-state index in [2.05, 4.69) is 72.8 Å². The summed E-state index contributed by atoms with van der Waals surface area (Å²) >= 11 is 0. The maximum atomic E-state index is 13.0. The molecule has 2 heteroatoms. The lowest BCUT2D eigenvalue weighted by molar-refractivity contribution is -0.129. The Morgan fingerprint density at radius 1 is 0.769 bits per heavy atom. The van der Waals surface area contributed by atoms with E-state index in [0.717, 1.165) is 0 Å². The maximum absolute atomic E-state index is 13.0. The monoisotopic (exact) mass is 337 g/mol. The van der Waals surface area contributed by atoms with Gasteiger partial charge in [0.2, 0.25) is 5.91 Å². The summed E-state index contributed by atoms with van der Waals surface area (Å²) in [6, 6.07) is 26.3. The summed E-state index contributed by atoms with van der Waals surface area (Å²) in [7, 11) is 1.99. The number of benzene rings is 3. The summed E-state index contributed by atoms with van der Waals surface area (Å²) in [5, 5.41) is 0. The third-order valence-electron chi connectivity index (χ3n) is 6.83. The number of nitrogens with zero attached hydrogens (tertiary/aromatic N) is 1. The maximum Gasteiger partial charge on any atom is 0.224 e. The summed E-state index contributed by atoms with van der Waals surface area (Å²) in [6.45, 7) is 0. The van der Waals surface area contributed by atoms with Crippen molar-refractivity contribution in [2.45, 2.75) is 23.8 Å². The molecule has 1 amide bonds. The minimum Gasteiger partial charge on any atom is -0.331 e. The van der Waals surface area contributed by atoms with Crippen LogP contribution in [0.2, 0.25) is 0 Å². The molecule has 1 atom stereocenters. The zero-order chi connectivity index (χ0) is 17.5. The van der Waals surface area contributed by atoms with Gasteiger partial charge in [0.25, 0.3) is 0 Å². The molecule has 7 rings (SSSR count). The molecule has 0 radical (unpaired) electrons. The van der Waals surface area contributed by atoms with Gasteiger partial charge in [-0.1, -0.05) is 72.8 Å². The highest BCUT2D eigenvalue weighted by molar-refractivity contribution is 5.86. The van der Waals surface area contributed by atoms with Gasteiger partial charge in [-0.05, 0) is 33.4 Å². The predicted octanol–water partition coefficient (Wildman–Crippen LogP) is 4.38. The van der Waals surface area contributed by atoms with E-state index in [0.29, 0.717) is 6.42 Å². The number of likely N-dealkylation sites (N-methyl/N-ethyl adjacent to an activating group) is 1. The van der Waals surface area contributed by atoms with Crippen LogP contribution in [0.5, 0.6) is 0 Å². The first-order valence-corrected chi connectivity index (χ1v) is 9.29. The van der Waals surface area contributed by atoms with E-state index in [-0.39, 0.29) is 17.7 Å². The Balaban J connectivity index is 1.87. The van der Waals surface area contributed by atoms with Crippen LogP contribution in [0, 0.1) is 0 Å². The second-order valence-electron chi connectivity index (χ2n) is 7.71. The molecule has 1 saturated heterocycles. The molecule has 1 spiro atoms. The Kier molecular flexibility index (Phi) is 2.56. The number of rotatable bonds is 0. The van der Waals surface area contributed by atoms with Crippen molar-refractivity contribution in [3.05, 3.63) is 106 Å². The molecular weight excluding hydrogens is 318 g/mol. The molecule has 1 aliphatic heterocycles. The molecule has 4 aliphatic rings. The second-order valence-corrected chi connectivity index (χ2v) is 7.71. The summed E-state index contributed by atoms with van der Waals surface area (Å²) in [5.41, 5.74) is 7.61. The summed E-state index contributed by atoms with van der Waals surface area (Å²) in [5.74, 6) is 0.638. The molecule has 1 fully saturated rings. The van der Waals surface area contributed by atoms with E-state index in [9.17, 15) is 4.79 Å². The molecule has 1 heterocycles. The van der Waals surface area contributed by atoms with Gasteiger partial charge in [0.1, 0.15) is 5.54 Å². The Hall–Kier alpha value is -2.87. The average molecular weight is 337 g/mol. The van der Waals surface area contributed by atoms with E-state index in [1.54, 1.807) is 0 Å². The molecule has 0 N–H and O–H groups in total. The van der Waals surface area contributed by atoms with Crippen LogP contribution in [0.4, 0.5) is 0 Å². The van der Waals surface area contributed by atoms with Crippen LogP contribution < -0.4 is 0 Å². The number of likely N-dealkylation sites (tertiary alicyclic amines) is 1. The largest absolute Gasteiger partial charge is 0.331 e. The molecule has 3 aromatic rings. The van der Waals surface area contributed by atoms with Gasteiger partial charge < -0.3 is 4.90 Å². The lowest BCUT2D eigenvalue weighted by Gasteiger charge is -2.45.